The molecule has 10 nitrogen and oxygen atoms in total. The first-order valence-corrected chi connectivity index (χ1v) is 8.89. The van der Waals surface area contributed by atoms with Crippen LogP contribution >= 0.6 is 11.8 Å². The summed E-state index contributed by atoms with van der Waals surface area (Å²) in [5, 5.41) is 47.4. The molecule has 2 N–H and O–H groups in total. The maximum Gasteiger partial charge on any atom is 0.222 e. The van der Waals surface area contributed by atoms with Gasteiger partial charge in [0.15, 0.2) is 5.17 Å². The third kappa shape index (κ3) is 3.18. The van der Waals surface area contributed by atoms with E-state index in [0.29, 0.717) is 24.1 Å². The number of hydrogen-bond donors (Lipinski definition) is 2. The number of fused-ring (bicyclic) bond motifs is 1. The smallest absolute Gasteiger partial charge is 0.222 e. The number of rotatable bonds is 2. The summed E-state index contributed by atoms with van der Waals surface area (Å²) in [6.07, 6.45) is 6.19. The molecule has 0 amide bonds. The van der Waals surface area contributed by atoms with Crippen LogP contribution in [0.2, 0.25) is 0 Å². The number of nitrogens with one attached hydrogen (secondary N) is 1. The van der Waals surface area contributed by atoms with E-state index < -0.39 is 4.90 Å². The topological polar surface area (TPSA) is 127 Å². The quantitative estimate of drug-likeness (QED) is 0.578. The Balaban J connectivity index is 1.62. The van der Waals surface area contributed by atoms with Crippen molar-refractivity contribution in [3.8, 4) is 0 Å². The molecule has 0 bridgehead atoms. The second-order valence-electron chi connectivity index (χ2n) is 5.80. The van der Waals surface area contributed by atoms with Crippen molar-refractivity contribution in [2.24, 2.45) is 5.10 Å². The van der Waals surface area contributed by atoms with E-state index in [9.17, 15) is 20.8 Å². The molecule has 4 rings (SSSR count). The lowest BCUT2D eigenvalue weighted by molar-refractivity contribution is -0.377. The number of para-hydroxylation sites is 2. The van der Waals surface area contributed by atoms with Gasteiger partial charge in [0, 0.05) is 17.7 Å². The molecular formula is C16H14N6O4S-2. The third-order valence-electron chi connectivity index (χ3n) is 4.20. The second-order valence-corrected chi connectivity index (χ2v) is 6.72. The number of amidine groups is 1. The fraction of sp³-hybridized carbons (Fsp3) is 0.125. The summed E-state index contributed by atoms with van der Waals surface area (Å²) in [5.41, 5.74) is 4.48. The van der Waals surface area contributed by atoms with Crippen molar-refractivity contribution in [1.82, 2.24) is 10.3 Å². The van der Waals surface area contributed by atoms with Crippen molar-refractivity contribution in [3.05, 3.63) is 75.6 Å². The highest BCUT2D eigenvalue weighted by molar-refractivity contribution is 8.13. The molecule has 0 atom stereocenters. The number of benzene rings is 1. The van der Waals surface area contributed by atoms with E-state index in [-0.39, 0.29) is 16.6 Å². The first kappa shape index (κ1) is 17.3. The van der Waals surface area contributed by atoms with Crippen molar-refractivity contribution in [2.75, 3.05) is 22.7 Å². The van der Waals surface area contributed by atoms with E-state index in [1.807, 2.05) is 9.80 Å². The van der Waals surface area contributed by atoms with E-state index in [1.165, 1.54) is 23.9 Å². The first-order chi connectivity index (χ1) is 13.0. The number of hydrazone groups is 1. The Kier molecular flexibility index (Phi) is 4.39. The molecular weight excluding hydrogens is 372 g/mol. The van der Waals surface area contributed by atoms with Gasteiger partial charge in [0.2, 0.25) is 5.71 Å². The highest BCUT2D eigenvalue weighted by atomic mass is 32.2. The van der Waals surface area contributed by atoms with Crippen LogP contribution in [0.1, 0.15) is 0 Å². The zero-order chi connectivity index (χ0) is 19.0. The normalized spacial score (nSPS) is 18.4. The van der Waals surface area contributed by atoms with Gasteiger partial charge in [-0.3, -0.25) is 15.5 Å². The summed E-state index contributed by atoms with van der Waals surface area (Å²) in [4.78, 5) is 3.40. The molecule has 140 valence electrons. The van der Waals surface area contributed by atoms with Gasteiger partial charge in [-0.05, 0) is 24.3 Å². The summed E-state index contributed by atoms with van der Waals surface area (Å²) < 4.78 is 0. The summed E-state index contributed by atoms with van der Waals surface area (Å²) in [7, 11) is 0. The Bertz CT molecular complexity index is 901. The van der Waals surface area contributed by atoms with E-state index in [4.69, 9.17) is 0 Å². The van der Waals surface area contributed by atoms with Gasteiger partial charge in [0.05, 0.1) is 23.9 Å². The molecule has 0 saturated carbocycles. The van der Waals surface area contributed by atoms with Gasteiger partial charge >= 0.3 is 0 Å². The van der Waals surface area contributed by atoms with Crippen molar-refractivity contribution < 1.29 is 10.1 Å². The molecule has 1 aliphatic carbocycles. The van der Waals surface area contributed by atoms with Crippen molar-refractivity contribution in [1.29, 1.82) is 0 Å². The Morgan fingerprint density at radius 2 is 1.93 bits per heavy atom. The van der Waals surface area contributed by atoms with Crippen LogP contribution in [0.25, 0.3) is 0 Å². The third-order valence-corrected chi connectivity index (χ3v) is 5.21. The minimum Gasteiger partial charge on any atom is -0.733 e. The van der Waals surface area contributed by atoms with Crippen LogP contribution in [-0.2, 0) is 0 Å². The summed E-state index contributed by atoms with van der Waals surface area (Å²) >= 11 is 1.47. The molecule has 0 aromatic heterocycles. The highest BCUT2D eigenvalue weighted by Crippen LogP contribution is 2.35. The van der Waals surface area contributed by atoms with Crippen LogP contribution in [-0.4, -0.2) is 38.4 Å². The van der Waals surface area contributed by atoms with E-state index in [0.717, 1.165) is 10.7 Å². The Hall–Kier alpha value is -3.15. The number of anilines is 2. The maximum absolute atomic E-state index is 11.4. The number of hydrogen-bond acceptors (Lipinski definition) is 10. The van der Waals surface area contributed by atoms with Gasteiger partial charge < -0.3 is 25.7 Å². The van der Waals surface area contributed by atoms with Crippen LogP contribution in [0.3, 0.4) is 0 Å². The molecule has 11 heteroatoms. The molecule has 1 aromatic carbocycles. The summed E-state index contributed by atoms with van der Waals surface area (Å²) in [6, 6.07) is 6.77. The standard InChI is InChI=1S/C16H14N6O4S/c23-21(24)12-7-5-11(6-8-12)15-17-18-16-20(15)9-19(10-27-16)13-3-1-2-4-14(13)22(25)26/h1-8,17,25H,9-10H2/q-2. The van der Waals surface area contributed by atoms with E-state index in [1.54, 1.807) is 36.4 Å². The predicted octanol–water partition coefficient (Wildman–Crippen LogP) is 1.81. The lowest BCUT2D eigenvalue weighted by atomic mass is 10.1. The van der Waals surface area contributed by atoms with Gasteiger partial charge in [-0.25, -0.2) is 0 Å². The number of allylic oxidation sites excluding steroid dienone is 5. The Morgan fingerprint density at radius 1 is 1.19 bits per heavy atom. The molecule has 2 aliphatic heterocycles. The van der Waals surface area contributed by atoms with Crippen molar-refractivity contribution >= 4 is 34.0 Å². The van der Waals surface area contributed by atoms with Gasteiger partial charge in [-0.1, -0.05) is 23.9 Å². The number of thioether (sulfide) groups is 1. The second kappa shape index (κ2) is 6.87. The fourth-order valence-electron chi connectivity index (χ4n) is 2.91. The summed E-state index contributed by atoms with van der Waals surface area (Å²) in [5.74, 6) is 1.24. The van der Waals surface area contributed by atoms with Crippen molar-refractivity contribution in [2.45, 2.75) is 0 Å². The first-order valence-electron chi connectivity index (χ1n) is 7.90. The monoisotopic (exact) mass is 386 g/mol. The summed E-state index contributed by atoms with van der Waals surface area (Å²) in [6.45, 7) is 0.399. The van der Waals surface area contributed by atoms with Gasteiger partial charge in [0.25, 0.3) is 0 Å². The highest BCUT2D eigenvalue weighted by Gasteiger charge is 2.32. The lowest BCUT2D eigenvalue weighted by Crippen LogP contribution is -2.44. The number of nitrogens with zero attached hydrogens (tertiary/aromatic N) is 5. The van der Waals surface area contributed by atoms with Crippen LogP contribution in [0.15, 0.2) is 65.1 Å². The van der Waals surface area contributed by atoms with Gasteiger partial charge in [-0.15, -0.1) is 5.10 Å². The lowest BCUT2D eigenvalue weighted by Gasteiger charge is -2.38. The van der Waals surface area contributed by atoms with E-state index in [2.05, 4.69) is 10.5 Å². The average molecular weight is 386 g/mol. The molecule has 2 heterocycles. The molecule has 1 fully saturated rings. The largest absolute Gasteiger partial charge is 0.733 e. The zero-order valence-electron chi connectivity index (χ0n) is 13.8. The molecule has 3 aliphatic rings. The minimum atomic E-state index is -0.447. The van der Waals surface area contributed by atoms with Crippen LogP contribution in [0.5, 0.6) is 0 Å². The fourth-order valence-corrected chi connectivity index (χ4v) is 3.81. The zero-order valence-corrected chi connectivity index (χ0v) is 14.7. The maximum atomic E-state index is 11.4. The predicted molar refractivity (Wildman–Crippen MR) is 104 cm³/mol. The average Bonchev–Trinajstić information content (AvgIpc) is 3.11. The van der Waals surface area contributed by atoms with Gasteiger partial charge in [0.1, 0.15) is 5.82 Å². The molecule has 1 aromatic rings. The van der Waals surface area contributed by atoms with Crippen LogP contribution < -0.4 is 15.6 Å². The molecule has 0 radical (unpaired) electrons. The molecule has 27 heavy (non-hydrogen) atoms. The molecule has 0 spiro atoms. The Morgan fingerprint density at radius 3 is 2.63 bits per heavy atom. The molecule has 0 unspecified atom stereocenters. The minimum absolute atomic E-state index is 0.0144. The Labute approximate surface area is 158 Å². The van der Waals surface area contributed by atoms with Gasteiger partial charge in [-0.2, -0.15) is 4.90 Å². The molecule has 1 saturated heterocycles. The van der Waals surface area contributed by atoms with Crippen LogP contribution in [0, 0.1) is 15.6 Å². The SMILES string of the molecule is [O-]N(O)c1ccccc1N1CSC2=NNC(=C3C=CC(=[N+]([O-])[O-])C=C3)N2C1. The van der Waals surface area contributed by atoms with E-state index >= 15 is 0 Å². The van der Waals surface area contributed by atoms with Crippen LogP contribution in [0.4, 0.5) is 11.4 Å². The van der Waals surface area contributed by atoms with Crippen molar-refractivity contribution in [3.63, 3.8) is 0 Å².